The summed E-state index contributed by atoms with van der Waals surface area (Å²) in [6.07, 6.45) is 5.83. The Hall–Kier alpha value is -1.67. The molecular formula is C13H12ClNO. The number of hydrogen-bond acceptors (Lipinski definition) is 2. The van der Waals surface area contributed by atoms with Crippen LogP contribution < -0.4 is 0 Å². The standard InChI is InChI=1S/C13H12ClNO/c1-9-4-3-5-13(15(9)2)11-7-6-10(16)8-12(11)14/h3-8,16H,1H2,2H3. The zero-order chi connectivity index (χ0) is 11.7. The van der Waals surface area contributed by atoms with Crippen molar-refractivity contribution >= 4 is 17.3 Å². The van der Waals surface area contributed by atoms with Crippen molar-refractivity contribution in [3.05, 3.63) is 59.3 Å². The predicted molar refractivity (Wildman–Crippen MR) is 67.1 cm³/mol. The first kappa shape index (κ1) is 10.8. The molecular weight excluding hydrogens is 222 g/mol. The molecule has 0 radical (unpaired) electrons. The van der Waals surface area contributed by atoms with Crippen LogP contribution in [0.5, 0.6) is 5.75 Å². The molecule has 3 heteroatoms. The van der Waals surface area contributed by atoms with E-state index in [-0.39, 0.29) is 5.75 Å². The number of rotatable bonds is 1. The minimum Gasteiger partial charge on any atom is -0.508 e. The van der Waals surface area contributed by atoms with Crippen LogP contribution in [0.1, 0.15) is 5.56 Å². The number of hydrogen-bond donors (Lipinski definition) is 1. The summed E-state index contributed by atoms with van der Waals surface area (Å²) in [4.78, 5) is 1.96. The Balaban J connectivity index is 2.48. The van der Waals surface area contributed by atoms with Crippen molar-refractivity contribution in [2.24, 2.45) is 0 Å². The Morgan fingerprint density at radius 1 is 1.38 bits per heavy atom. The van der Waals surface area contributed by atoms with Gasteiger partial charge in [-0.05, 0) is 30.4 Å². The van der Waals surface area contributed by atoms with Gasteiger partial charge in [0.05, 0.1) is 5.02 Å². The number of likely N-dealkylation sites (N-methyl/N-ethyl adjacent to an activating group) is 1. The summed E-state index contributed by atoms with van der Waals surface area (Å²) >= 11 is 6.09. The van der Waals surface area contributed by atoms with Gasteiger partial charge in [-0.3, -0.25) is 0 Å². The molecule has 0 amide bonds. The second kappa shape index (κ2) is 4.06. The first-order valence-electron chi connectivity index (χ1n) is 4.89. The molecule has 1 aromatic rings. The van der Waals surface area contributed by atoms with Gasteiger partial charge in [0.15, 0.2) is 0 Å². The van der Waals surface area contributed by atoms with Crippen LogP contribution in [0, 0.1) is 0 Å². The lowest BCUT2D eigenvalue weighted by Crippen LogP contribution is -2.16. The van der Waals surface area contributed by atoms with Crippen molar-refractivity contribution in [2.45, 2.75) is 0 Å². The molecule has 0 bridgehead atoms. The van der Waals surface area contributed by atoms with E-state index in [1.165, 1.54) is 6.07 Å². The zero-order valence-corrected chi connectivity index (χ0v) is 9.70. The molecule has 1 aliphatic heterocycles. The molecule has 0 atom stereocenters. The van der Waals surface area contributed by atoms with Gasteiger partial charge in [0.25, 0.3) is 0 Å². The van der Waals surface area contributed by atoms with Gasteiger partial charge in [-0.1, -0.05) is 24.3 Å². The third-order valence-corrected chi connectivity index (χ3v) is 2.88. The van der Waals surface area contributed by atoms with Crippen molar-refractivity contribution in [3.8, 4) is 5.75 Å². The monoisotopic (exact) mass is 233 g/mol. The molecule has 0 aromatic heterocycles. The number of halogens is 1. The lowest BCUT2D eigenvalue weighted by atomic mass is 10.1. The Labute approximate surface area is 99.8 Å². The quantitative estimate of drug-likeness (QED) is 0.804. The number of aromatic hydroxyl groups is 1. The van der Waals surface area contributed by atoms with Gasteiger partial charge >= 0.3 is 0 Å². The minimum atomic E-state index is 0.169. The smallest absolute Gasteiger partial charge is 0.117 e. The van der Waals surface area contributed by atoms with Gasteiger partial charge in [-0.25, -0.2) is 0 Å². The van der Waals surface area contributed by atoms with Crippen molar-refractivity contribution < 1.29 is 5.11 Å². The van der Waals surface area contributed by atoms with Crippen LogP contribution in [0.3, 0.4) is 0 Å². The molecule has 1 aromatic carbocycles. The maximum absolute atomic E-state index is 9.30. The highest BCUT2D eigenvalue weighted by molar-refractivity contribution is 6.32. The summed E-state index contributed by atoms with van der Waals surface area (Å²) in [5.41, 5.74) is 2.76. The van der Waals surface area contributed by atoms with Crippen molar-refractivity contribution in [3.63, 3.8) is 0 Å². The fourth-order valence-electron chi connectivity index (χ4n) is 1.61. The molecule has 0 saturated heterocycles. The van der Waals surface area contributed by atoms with Crippen LogP contribution in [0.25, 0.3) is 5.70 Å². The summed E-state index contributed by atoms with van der Waals surface area (Å²) in [5.74, 6) is 0.169. The largest absolute Gasteiger partial charge is 0.508 e. The Kier molecular flexibility index (Phi) is 2.75. The molecule has 1 aliphatic rings. The molecule has 2 rings (SSSR count). The second-order valence-electron chi connectivity index (χ2n) is 3.63. The van der Waals surface area contributed by atoms with Gasteiger partial charge in [0.1, 0.15) is 5.75 Å². The molecule has 1 N–H and O–H groups in total. The molecule has 2 nitrogen and oxygen atoms in total. The summed E-state index contributed by atoms with van der Waals surface area (Å²) < 4.78 is 0. The van der Waals surface area contributed by atoms with Crippen LogP contribution in [0.2, 0.25) is 5.02 Å². The normalized spacial score (nSPS) is 15.2. The minimum absolute atomic E-state index is 0.169. The van der Waals surface area contributed by atoms with Crippen LogP contribution >= 0.6 is 11.6 Å². The van der Waals surface area contributed by atoms with Gasteiger partial charge in [0, 0.05) is 24.0 Å². The lowest BCUT2D eigenvalue weighted by Gasteiger charge is -2.26. The Morgan fingerprint density at radius 2 is 2.12 bits per heavy atom. The first-order valence-corrected chi connectivity index (χ1v) is 5.27. The predicted octanol–water partition coefficient (Wildman–Crippen LogP) is 3.40. The average Bonchev–Trinajstić information content (AvgIpc) is 2.23. The topological polar surface area (TPSA) is 23.5 Å². The van der Waals surface area contributed by atoms with E-state index < -0.39 is 0 Å². The SMILES string of the molecule is C=C1C=CC=C(c2ccc(O)cc2Cl)N1C. The van der Waals surface area contributed by atoms with E-state index in [9.17, 15) is 5.11 Å². The van der Waals surface area contributed by atoms with Crippen LogP contribution in [-0.2, 0) is 0 Å². The molecule has 0 fully saturated rings. The van der Waals surface area contributed by atoms with E-state index in [2.05, 4.69) is 6.58 Å². The molecule has 1 heterocycles. The molecule has 16 heavy (non-hydrogen) atoms. The summed E-state index contributed by atoms with van der Waals surface area (Å²) in [6, 6.07) is 4.95. The highest BCUT2D eigenvalue weighted by Gasteiger charge is 2.14. The third-order valence-electron chi connectivity index (χ3n) is 2.56. The first-order chi connectivity index (χ1) is 7.59. The number of allylic oxidation sites excluding steroid dienone is 3. The highest BCUT2D eigenvalue weighted by Crippen LogP contribution is 2.32. The van der Waals surface area contributed by atoms with E-state index >= 15 is 0 Å². The zero-order valence-electron chi connectivity index (χ0n) is 8.94. The maximum Gasteiger partial charge on any atom is 0.117 e. The lowest BCUT2D eigenvalue weighted by molar-refractivity contribution is 0.475. The Morgan fingerprint density at radius 3 is 2.81 bits per heavy atom. The highest BCUT2D eigenvalue weighted by atomic mass is 35.5. The van der Waals surface area contributed by atoms with E-state index in [4.69, 9.17) is 11.6 Å². The van der Waals surface area contributed by atoms with Gasteiger partial charge in [0.2, 0.25) is 0 Å². The van der Waals surface area contributed by atoms with E-state index in [1.807, 2.05) is 30.2 Å². The summed E-state index contributed by atoms with van der Waals surface area (Å²) in [6.45, 7) is 3.92. The van der Waals surface area contributed by atoms with Crippen molar-refractivity contribution in [1.82, 2.24) is 4.90 Å². The van der Waals surface area contributed by atoms with E-state index in [0.29, 0.717) is 5.02 Å². The fraction of sp³-hybridized carbons (Fsp3) is 0.0769. The fourth-order valence-corrected chi connectivity index (χ4v) is 1.88. The molecule has 82 valence electrons. The molecule has 0 spiro atoms. The maximum atomic E-state index is 9.30. The van der Waals surface area contributed by atoms with E-state index in [1.54, 1.807) is 12.1 Å². The van der Waals surface area contributed by atoms with Gasteiger partial charge in [-0.15, -0.1) is 0 Å². The Bertz CT molecular complexity index is 503. The molecule has 0 saturated carbocycles. The van der Waals surface area contributed by atoms with Crippen LogP contribution in [-0.4, -0.2) is 17.1 Å². The van der Waals surface area contributed by atoms with Gasteiger partial charge in [-0.2, -0.15) is 0 Å². The molecule has 0 unspecified atom stereocenters. The number of benzene rings is 1. The van der Waals surface area contributed by atoms with Crippen LogP contribution in [0.4, 0.5) is 0 Å². The summed E-state index contributed by atoms with van der Waals surface area (Å²) in [7, 11) is 1.93. The second-order valence-corrected chi connectivity index (χ2v) is 4.03. The summed E-state index contributed by atoms with van der Waals surface area (Å²) in [5, 5.41) is 9.83. The third kappa shape index (κ3) is 1.84. The van der Waals surface area contributed by atoms with Crippen LogP contribution in [0.15, 0.2) is 48.7 Å². The van der Waals surface area contributed by atoms with Gasteiger partial charge < -0.3 is 10.0 Å². The molecule has 0 aliphatic carbocycles. The average molecular weight is 234 g/mol. The number of phenols is 1. The number of phenolic OH excluding ortho intramolecular Hbond substituents is 1. The van der Waals surface area contributed by atoms with E-state index in [0.717, 1.165) is 17.0 Å². The van der Waals surface area contributed by atoms with Crippen molar-refractivity contribution in [2.75, 3.05) is 7.05 Å². The van der Waals surface area contributed by atoms with Crippen molar-refractivity contribution in [1.29, 1.82) is 0 Å². The number of nitrogens with zero attached hydrogens (tertiary/aromatic N) is 1.